The van der Waals surface area contributed by atoms with E-state index in [0.717, 1.165) is 0 Å². The highest BCUT2D eigenvalue weighted by Gasteiger charge is 2.21. The molecule has 0 aromatic rings. The Bertz CT molecular complexity index is 572. The van der Waals surface area contributed by atoms with E-state index in [2.05, 4.69) is 20.9 Å². The summed E-state index contributed by atoms with van der Waals surface area (Å²) in [6, 6.07) is 0. The van der Waals surface area contributed by atoms with Crippen LogP contribution in [-0.4, -0.2) is 59.4 Å². The Balaban J connectivity index is 4.79. The van der Waals surface area contributed by atoms with Crippen LogP contribution < -0.4 is 16.0 Å². The third-order valence-corrected chi connectivity index (χ3v) is 2.51. The molecular formula is C17H30N4O7. The van der Waals surface area contributed by atoms with Crippen molar-refractivity contribution in [2.24, 2.45) is 4.99 Å². The molecule has 11 nitrogen and oxygen atoms in total. The highest BCUT2D eigenvalue weighted by molar-refractivity contribution is 6.01. The zero-order valence-corrected chi connectivity index (χ0v) is 17.2. The van der Waals surface area contributed by atoms with Crippen molar-refractivity contribution in [3.05, 3.63) is 0 Å². The summed E-state index contributed by atoms with van der Waals surface area (Å²) in [4.78, 5) is 49.7. The number of carboxylic acids is 1. The van der Waals surface area contributed by atoms with Crippen molar-refractivity contribution < 1.29 is 33.8 Å². The first kappa shape index (κ1) is 25.1. The number of amides is 3. The SMILES string of the molecule is CC(C)(C)OC(=O)NC(=NCCNC(=O)CCC(=O)O)NC(=O)OC(C)(C)C. The Morgan fingerprint density at radius 2 is 1.32 bits per heavy atom. The van der Waals surface area contributed by atoms with Gasteiger partial charge in [-0.05, 0) is 41.5 Å². The van der Waals surface area contributed by atoms with Gasteiger partial charge in [0.15, 0.2) is 0 Å². The first-order chi connectivity index (χ1) is 12.7. The second-order valence-electron chi connectivity index (χ2n) is 7.73. The lowest BCUT2D eigenvalue weighted by Gasteiger charge is -2.22. The third kappa shape index (κ3) is 15.4. The molecule has 0 aliphatic carbocycles. The van der Waals surface area contributed by atoms with E-state index in [4.69, 9.17) is 14.6 Å². The Morgan fingerprint density at radius 1 is 0.857 bits per heavy atom. The van der Waals surface area contributed by atoms with E-state index in [1.54, 1.807) is 41.5 Å². The van der Waals surface area contributed by atoms with Gasteiger partial charge in [0.25, 0.3) is 0 Å². The minimum absolute atomic E-state index is 0.0136. The second-order valence-corrected chi connectivity index (χ2v) is 7.73. The fraction of sp³-hybridized carbons (Fsp3) is 0.706. The summed E-state index contributed by atoms with van der Waals surface area (Å²) in [6.45, 7) is 10.2. The lowest BCUT2D eigenvalue weighted by atomic mass is 10.2. The van der Waals surface area contributed by atoms with Crippen LogP contribution in [0.3, 0.4) is 0 Å². The second kappa shape index (κ2) is 11.1. The molecule has 4 N–H and O–H groups in total. The zero-order chi connectivity index (χ0) is 22.0. The van der Waals surface area contributed by atoms with Gasteiger partial charge in [0.05, 0.1) is 13.0 Å². The van der Waals surface area contributed by atoms with Crippen molar-refractivity contribution in [1.82, 2.24) is 16.0 Å². The van der Waals surface area contributed by atoms with Gasteiger partial charge >= 0.3 is 18.2 Å². The molecule has 0 bridgehead atoms. The predicted octanol–water partition coefficient (Wildman–Crippen LogP) is 1.37. The smallest absolute Gasteiger partial charge is 0.414 e. The monoisotopic (exact) mass is 402 g/mol. The van der Waals surface area contributed by atoms with Crippen LogP contribution in [-0.2, 0) is 19.1 Å². The van der Waals surface area contributed by atoms with Gasteiger partial charge in [0, 0.05) is 13.0 Å². The van der Waals surface area contributed by atoms with Crippen LogP contribution in [0.2, 0.25) is 0 Å². The number of aliphatic carboxylic acids is 1. The molecule has 11 heteroatoms. The average Bonchev–Trinajstić information content (AvgIpc) is 2.45. The summed E-state index contributed by atoms with van der Waals surface area (Å²) < 4.78 is 10.2. The standard InChI is InChI=1S/C17H30N4O7/c1-16(2,3)27-14(25)20-13(21-15(26)28-17(4,5)6)19-10-9-18-11(22)7-8-12(23)24/h7-10H2,1-6H3,(H,18,22)(H,23,24)(H2,19,20,21,25,26). The molecule has 0 aromatic heterocycles. The Morgan fingerprint density at radius 3 is 1.71 bits per heavy atom. The maximum Gasteiger partial charge on any atom is 0.414 e. The van der Waals surface area contributed by atoms with Crippen LogP contribution >= 0.6 is 0 Å². The molecular weight excluding hydrogens is 372 g/mol. The number of hydrogen-bond donors (Lipinski definition) is 4. The van der Waals surface area contributed by atoms with E-state index in [0.29, 0.717) is 0 Å². The predicted molar refractivity (Wildman–Crippen MR) is 101 cm³/mol. The van der Waals surface area contributed by atoms with Crippen molar-refractivity contribution in [3.63, 3.8) is 0 Å². The molecule has 3 amide bonds. The third-order valence-electron chi connectivity index (χ3n) is 2.51. The number of nitrogens with one attached hydrogen (secondary N) is 3. The van der Waals surface area contributed by atoms with E-state index < -0.39 is 35.3 Å². The molecule has 0 aliphatic heterocycles. The highest BCUT2D eigenvalue weighted by Crippen LogP contribution is 2.07. The molecule has 0 aliphatic rings. The van der Waals surface area contributed by atoms with Gasteiger partial charge in [-0.15, -0.1) is 0 Å². The van der Waals surface area contributed by atoms with E-state index in [9.17, 15) is 19.2 Å². The molecule has 0 heterocycles. The van der Waals surface area contributed by atoms with Crippen LogP contribution in [0.4, 0.5) is 9.59 Å². The Kier molecular flexibility index (Phi) is 9.97. The first-order valence-electron chi connectivity index (χ1n) is 8.71. The number of hydrogen-bond acceptors (Lipinski definition) is 7. The number of guanidine groups is 1. The summed E-state index contributed by atoms with van der Waals surface area (Å²) in [5, 5.41) is 15.6. The zero-order valence-electron chi connectivity index (χ0n) is 17.2. The molecule has 0 aromatic carbocycles. The largest absolute Gasteiger partial charge is 0.481 e. The number of carbonyl (C=O) groups excluding carboxylic acids is 3. The van der Waals surface area contributed by atoms with Gasteiger partial charge in [-0.1, -0.05) is 0 Å². The molecule has 0 saturated heterocycles. The number of rotatable bonds is 6. The van der Waals surface area contributed by atoms with E-state index in [1.807, 2.05) is 0 Å². The molecule has 160 valence electrons. The fourth-order valence-electron chi connectivity index (χ4n) is 1.58. The van der Waals surface area contributed by atoms with Crippen LogP contribution in [0.5, 0.6) is 0 Å². The molecule has 0 rings (SSSR count). The number of alkyl carbamates (subject to hydrolysis) is 2. The molecule has 0 saturated carbocycles. The van der Waals surface area contributed by atoms with Crippen molar-refractivity contribution in [3.8, 4) is 0 Å². The summed E-state index contributed by atoms with van der Waals surface area (Å²) in [7, 11) is 0. The van der Waals surface area contributed by atoms with Gasteiger partial charge < -0.3 is 19.9 Å². The molecule has 0 unspecified atom stereocenters. The molecule has 0 atom stereocenters. The lowest BCUT2D eigenvalue weighted by molar-refractivity contribution is -0.138. The summed E-state index contributed by atoms with van der Waals surface area (Å²) >= 11 is 0. The topological polar surface area (TPSA) is 155 Å². The van der Waals surface area contributed by atoms with Crippen molar-refractivity contribution in [2.45, 2.75) is 65.6 Å². The molecule has 0 spiro atoms. The maximum atomic E-state index is 11.9. The Labute approximate surface area is 164 Å². The van der Waals surface area contributed by atoms with Gasteiger partial charge in [0.2, 0.25) is 11.9 Å². The van der Waals surface area contributed by atoms with Gasteiger partial charge in [-0.2, -0.15) is 0 Å². The fourth-order valence-corrected chi connectivity index (χ4v) is 1.58. The minimum Gasteiger partial charge on any atom is -0.481 e. The molecule has 28 heavy (non-hydrogen) atoms. The van der Waals surface area contributed by atoms with Gasteiger partial charge in [-0.3, -0.25) is 25.2 Å². The van der Waals surface area contributed by atoms with E-state index in [-0.39, 0.29) is 31.9 Å². The summed E-state index contributed by atoms with van der Waals surface area (Å²) in [5.41, 5.74) is -1.50. The molecule has 0 radical (unpaired) electrons. The Hall–Kier alpha value is -2.85. The van der Waals surface area contributed by atoms with E-state index >= 15 is 0 Å². The van der Waals surface area contributed by atoms with Gasteiger partial charge in [0.1, 0.15) is 11.2 Å². The molecule has 0 fully saturated rings. The summed E-state index contributed by atoms with van der Waals surface area (Å²) in [6.07, 6.45) is -2.08. The first-order valence-corrected chi connectivity index (χ1v) is 8.71. The minimum atomic E-state index is -1.07. The van der Waals surface area contributed by atoms with Crippen LogP contribution in [0.1, 0.15) is 54.4 Å². The maximum absolute atomic E-state index is 11.9. The normalized spacial score (nSPS) is 11.1. The number of ether oxygens (including phenoxy) is 2. The number of nitrogens with zero attached hydrogens (tertiary/aromatic N) is 1. The van der Waals surface area contributed by atoms with Crippen molar-refractivity contribution in [1.29, 1.82) is 0 Å². The van der Waals surface area contributed by atoms with Crippen LogP contribution in [0, 0.1) is 0 Å². The van der Waals surface area contributed by atoms with Crippen LogP contribution in [0.15, 0.2) is 4.99 Å². The quantitative estimate of drug-likeness (QED) is 0.297. The summed E-state index contributed by atoms with van der Waals surface area (Å²) in [5.74, 6) is -1.72. The van der Waals surface area contributed by atoms with Gasteiger partial charge in [-0.25, -0.2) is 9.59 Å². The highest BCUT2D eigenvalue weighted by atomic mass is 16.6. The number of carboxylic acid groups (broad SMARTS) is 1. The number of aliphatic imine (C=N–C) groups is 1. The van der Waals surface area contributed by atoms with Crippen LogP contribution in [0.25, 0.3) is 0 Å². The van der Waals surface area contributed by atoms with Crippen molar-refractivity contribution >= 4 is 30.0 Å². The average molecular weight is 402 g/mol. The lowest BCUT2D eigenvalue weighted by Crippen LogP contribution is -2.47. The van der Waals surface area contributed by atoms with E-state index in [1.165, 1.54) is 0 Å². The van der Waals surface area contributed by atoms with Crippen molar-refractivity contribution in [2.75, 3.05) is 13.1 Å². The number of carbonyl (C=O) groups is 4.